The highest BCUT2D eigenvalue weighted by Crippen LogP contribution is 2.06. The minimum absolute atomic E-state index is 0.156. The number of carbonyl (C=O) groups excluding carboxylic acids is 1. The number of aryl methyl sites for hydroxylation is 1. The second kappa shape index (κ2) is 8.83. The fraction of sp³-hybridized carbons (Fsp3) is 0.800. The van der Waals surface area contributed by atoms with Gasteiger partial charge in [0, 0.05) is 39.8 Å². The Bertz CT molecular complexity index is 482. The van der Waals surface area contributed by atoms with Gasteiger partial charge in [0.2, 0.25) is 0 Å². The SMILES string of the molecule is CCN1CCN(CCCNC(=O)N[C@H](C)c2nncn2C)CC1. The van der Waals surface area contributed by atoms with E-state index in [4.69, 9.17) is 0 Å². The molecule has 130 valence electrons. The van der Waals surface area contributed by atoms with Crippen LogP contribution in [0, 0.1) is 0 Å². The number of hydrogen-bond donors (Lipinski definition) is 2. The quantitative estimate of drug-likeness (QED) is 0.701. The van der Waals surface area contributed by atoms with Crippen molar-refractivity contribution in [2.45, 2.75) is 26.3 Å². The van der Waals surface area contributed by atoms with Crippen molar-refractivity contribution in [3.63, 3.8) is 0 Å². The lowest BCUT2D eigenvalue weighted by atomic mass is 10.3. The third-order valence-corrected chi connectivity index (χ3v) is 4.33. The fourth-order valence-corrected chi connectivity index (χ4v) is 2.83. The fourth-order valence-electron chi connectivity index (χ4n) is 2.83. The topological polar surface area (TPSA) is 78.3 Å². The minimum atomic E-state index is -0.162. The summed E-state index contributed by atoms with van der Waals surface area (Å²) < 4.78 is 1.81. The van der Waals surface area contributed by atoms with E-state index >= 15 is 0 Å². The van der Waals surface area contributed by atoms with Crippen LogP contribution >= 0.6 is 0 Å². The zero-order valence-electron chi connectivity index (χ0n) is 14.5. The molecule has 1 atom stereocenters. The molecule has 1 saturated heterocycles. The van der Waals surface area contributed by atoms with Crippen molar-refractivity contribution in [1.82, 2.24) is 35.2 Å². The van der Waals surface area contributed by atoms with Gasteiger partial charge < -0.3 is 25.0 Å². The maximum absolute atomic E-state index is 11.9. The van der Waals surface area contributed by atoms with Gasteiger partial charge in [-0.1, -0.05) is 6.92 Å². The summed E-state index contributed by atoms with van der Waals surface area (Å²) in [6, 6.07) is -0.319. The van der Waals surface area contributed by atoms with Gasteiger partial charge in [-0.25, -0.2) is 4.79 Å². The standard InChI is InChI=1S/C15H29N7O/c1-4-21-8-10-22(11-9-21)7-5-6-16-15(23)18-13(2)14-19-17-12-20(14)3/h12-13H,4-11H2,1-3H3,(H2,16,18,23)/t13-/m1/s1. The third-order valence-electron chi connectivity index (χ3n) is 4.33. The first kappa shape index (κ1) is 17.7. The van der Waals surface area contributed by atoms with Gasteiger partial charge in [0.25, 0.3) is 0 Å². The number of carbonyl (C=O) groups is 1. The van der Waals surface area contributed by atoms with E-state index in [2.05, 4.69) is 37.6 Å². The number of piperazine rings is 1. The largest absolute Gasteiger partial charge is 0.338 e. The number of nitrogens with one attached hydrogen (secondary N) is 2. The summed E-state index contributed by atoms with van der Waals surface area (Å²) in [6.07, 6.45) is 2.60. The van der Waals surface area contributed by atoms with Gasteiger partial charge in [-0.05, 0) is 26.4 Å². The molecular formula is C15H29N7O. The van der Waals surface area contributed by atoms with Crippen LogP contribution in [-0.2, 0) is 7.05 Å². The monoisotopic (exact) mass is 323 g/mol. The Kier molecular flexibility index (Phi) is 6.79. The summed E-state index contributed by atoms with van der Waals surface area (Å²) in [4.78, 5) is 16.8. The lowest BCUT2D eigenvalue weighted by Crippen LogP contribution is -2.47. The Hall–Kier alpha value is -1.67. The number of urea groups is 1. The van der Waals surface area contributed by atoms with E-state index in [1.54, 1.807) is 10.9 Å². The molecule has 0 aliphatic carbocycles. The summed E-state index contributed by atoms with van der Waals surface area (Å²) in [5.41, 5.74) is 0. The van der Waals surface area contributed by atoms with Crippen LogP contribution in [0.4, 0.5) is 4.79 Å². The van der Waals surface area contributed by atoms with E-state index in [-0.39, 0.29) is 12.1 Å². The van der Waals surface area contributed by atoms with Gasteiger partial charge in [0.15, 0.2) is 5.82 Å². The molecule has 1 aliphatic rings. The second-order valence-corrected chi connectivity index (χ2v) is 6.05. The predicted octanol–water partition coefficient (Wildman–Crippen LogP) is 0.203. The van der Waals surface area contributed by atoms with Crippen molar-refractivity contribution in [2.75, 3.05) is 45.8 Å². The van der Waals surface area contributed by atoms with Gasteiger partial charge in [-0.3, -0.25) is 0 Å². The first-order chi connectivity index (χ1) is 11.1. The van der Waals surface area contributed by atoms with Crippen LogP contribution in [0.2, 0.25) is 0 Å². The summed E-state index contributed by atoms with van der Waals surface area (Å²) in [5.74, 6) is 0.744. The van der Waals surface area contributed by atoms with E-state index in [1.165, 1.54) is 0 Å². The van der Waals surface area contributed by atoms with E-state index in [9.17, 15) is 4.79 Å². The van der Waals surface area contributed by atoms with Crippen LogP contribution < -0.4 is 10.6 Å². The number of nitrogens with zero attached hydrogens (tertiary/aromatic N) is 5. The molecule has 2 amide bonds. The zero-order chi connectivity index (χ0) is 16.7. The van der Waals surface area contributed by atoms with Gasteiger partial charge in [0.1, 0.15) is 6.33 Å². The molecule has 8 heteroatoms. The molecule has 2 rings (SSSR count). The molecule has 0 bridgehead atoms. The number of hydrogen-bond acceptors (Lipinski definition) is 5. The van der Waals surface area contributed by atoms with Gasteiger partial charge in [-0.2, -0.15) is 0 Å². The highest BCUT2D eigenvalue weighted by Gasteiger charge is 2.15. The molecule has 2 N–H and O–H groups in total. The normalized spacial score (nSPS) is 17.9. The van der Waals surface area contributed by atoms with Crippen LogP contribution in [0.25, 0.3) is 0 Å². The van der Waals surface area contributed by atoms with Gasteiger partial charge in [0.05, 0.1) is 6.04 Å². The number of amides is 2. The van der Waals surface area contributed by atoms with Crippen LogP contribution in [-0.4, -0.2) is 76.4 Å². The highest BCUT2D eigenvalue weighted by molar-refractivity contribution is 5.74. The summed E-state index contributed by atoms with van der Waals surface area (Å²) in [5, 5.41) is 13.6. The van der Waals surface area contributed by atoms with Crippen LogP contribution in [0.3, 0.4) is 0 Å². The number of rotatable bonds is 7. The molecule has 1 aromatic rings. The number of likely N-dealkylation sites (N-methyl/N-ethyl adjacent to an activating group) is 1. The van der Waals surface area contributed by atoms with Crippen molar-refractivity contribution in [3.8, 4) is 0 Å². The molecule has 0 saturated carbocycles. The smallest absolute Gasteiger partial charge is 0.315 e. The predicted molar refractivity (Wildman–Crippen MR) is 89.1 cm³/mol. The van der Waals surface area contributed by atoms with Crippen molar-refractivity contribution in [3.05, 3.63) is 12.2 Å². The van der Waals surface area contributed by atoms with Crippen molar-refractivity contribution >= 4 is 6.03 Å². The average molecular weight is 323 g/mol. The Morgan fingerprint density at radius 3 is 2.61 bits per heavy atom. The Balaban J connectivity index is 1.57. The van der Waals surface area contributed by atoms with Crippen LogP contribution in [0.1, 0.15) is 32.1 Å². The van der Waals surface area contributed by atoms with Crippen molar-refractivity contribution in [2.24, 2.45) is 7.05 Å². The summed E-state index contributed by atoms with van der Waals surface area (Å²) >= 11 is 0. The van der Waals surface area contributed by atoms with E-state index in [0.29, 0.717) is 6.54 Å². The molecule has 2 heterocycles. The van der Waals surface area contributed by atoms with Crippen molar-refractivity contribution < 1.29 is 4.79 Å². The molecule has 1 aliphatic heterocycles. The molecule has 1 aromatic heterocycles. The molecule has 0 radical (unpaired) electrons. The minimum Gasteiger partial charge on any atom is -0.338 e. The maximum Gasteiger partial charge on any atom is 0.315 e. The van der Waals surface area contributed by atoms with E-state index in [1.807, 2.05) is 14.0 Å². The van der Waals surface area contributed by atoms with E-state index < -0.39 is 0 Å². The molecule has 0 spiro atoms. The van der Waals surface area contributed by atoms with Crippen LogP contribution in [0.15, 0.2) is 6.33 Å². The maximum atomic E-state index is 11.9. The molecule has 23 heavy (non-hydrogen) atoms. The summed E-state index contributed by atoms with van der Waals surface area (Å²) in [6.45, 7) is 11.5. The molecule has 8 nitrogen and oxygen atoms in total. The lowest BCUT2D eigenvalue weighted by molar-refractivity contribution is 0.136. The average Bonchev–Trinajstić information content (AvgIpc) is 2.98. The Morgan fingerprint density at radius 1 is 1.30 bits per heavy atom. The van der Waals surface area contributed by atoms with Gasteiger partial charge in [-0.15, -0.1) is 10.2 Å². The van der Waals surface area contributed by atoms with Crippen LogP contribution in [0.5, 0.6) is 0 Å². The molecule has 1 fully saturated rings. The Morgan fingerprint density at radius 2 is 2.00 bits per heavy atom. The highest BCUT2D eigenvalue weighted by atomic mass is 16.2. The molecule has 0 aromatic carbocycles. The van der Waals surface area contributed by atoms with E-state index in [0.717, 1.165) is 51.5 Å². The number of aromatic nitrogens is 3. The molecular weight excluding hydrogens is 294 g/mol. The van der Waals surface area contributed by atoms with Gasteiger partial charge >= 0.3 is 6.03 Å². The Labute approximate surface area is 138 Å². The van der Waals surface area contributed by atoms with Crippen molar-refractivity contribution in [1.29, 1.82) is 0 Å². The lowest BCUT2D eigenvalue weighted by Gasteiger charge is -2.33. The zero-order valence-corrected chi connectivity index (χ0v) is 14.5. The molecule has 0 unspecified atom stereocenters. The first-order valence-electron chi connectivity index (χ1n) is 8.43. The first-order valence-corrected chi connectivity index (χ1v) is 8.43. The summed E-state index contributed by atoms with van der Waals surface area (Å²) in [7, 11) is 1.86. The second-order valence-electron chi connectivity index (χ2n) is 6.05. The third kappa shape index (κ3) is 5.47.